The summed E-state index contributed by atoms with van der Waals surface area (Å²) in [7, 11) is 3.32. The number of amidine groups is 1. The molecule has 0 atom stereocenters. The lowest BCUT2D eigenvalue weighted by Crippen LogP contribution is -2.20. The van der Waals surface area contributed by atoms with E-state index in [1.165, 1.54) is 0 Å². The van der Waals surface area contributed by atoms with E-state index in [0.717, 1.165) is 42.4 Å². The highest BCUT2D eigenvalue weighted by Gasteiger charge is 2.10. The molecule has 0 amide bonds. The Morgan fingerprint density at radius 1 is 1.31 bits per heavy atom. The third kappa shape index (κ3) is 2.27. The Bertz CT molecular complexity index is 402. The van der Waals surface area contributed by atoms with E-state index < -0.39 is 0 Å². The summed E-state index contributed by atoms with van der Waals surface area (Å²) in [5.41, 5.74) is 1.12. The fraction of sp³-hybridized carbons (Fsp3) is 0.417. The standard InChI is InChI=1S/C12H16N2O2/c1-15-10-4-3-9(11(8-10)16-2)7-12-13-5-6-14-12/h3-4,8H,5-7H2,1-2H3,(H,13,14). The Morgan fingerprint density at radius 2 is 2.19 bits per heavy atom. The van der Waals surface area contributed by atoms with Crippen LogP contribution in [0.3, 0.4) is 0 Å². The maximum absolute atomic E-state index is 5.34. The number of rotatable bonds is 4. The van der Waals surface area contributed by atoms with Crippen LogP contribution in [0.15, 0.2) is 23.2 Å². The fourth-order valence-corrected chi connectivity index (χ4v) is 1.74. The van der Waals surface area contributed by atoms with Crippen LogP contribution in [0.4, 0.5) is 0 Å². The molecule has 2 rings (SSSR count). The molecule has 1 heterocycles. The van der Waals surface area contributed by atoms with Crippen molar-refractivity contribution in [3.05, 3.63) is 23.8 Å². The Kier molecular flexibility index (Phi) is 3.29. The average molecular weight is 220 g/mol. The summed E-state index contributed by atoms with van der Waals surface area (Å²) in [5, 5.41) is 3.25. The van der Waals surface area contributed by atoms with Crippen molar-refractivity contribution in [1.29, 1.82) is 0 Å². The summed E-state index contributed by atoms with van der Waals surface area (Å²) in [4.78, 5) is 4.37. The van der Waals surface area contributed by atoms with Gasteiger partial charge in [-0.3, -0.25) is 4.99 Å². The van der Waals surface area contributed by atoms with Crippen molar-refractivity contribution in [3.63, 3.8) is 0 Å². The maximum Gasteiger partial charge on any atom is 0.126 e. The Hall–Kier alpha value is -1.71. The van der Waals surface area contributed by atoms with Crippen molar-refractivity contribution >= 4 is 5.84 Å². The van der Waals surface area contributed by atoms with Crippen molar-refractivity contribution in [2.45, 2.75) is 6.42 Å². The topological polar surface area (TPSA) is 42.8 Å². The van der Waals surface area contributed by atoms with E-state index in [2.05, 4.69) is 10.3 Å². The SMILES string of the molecule is COc1ccc(CC2=NCCN2)c(OC)c1. The number of benzene rings is 1. The molecule has 4 nitrogen and oxygen atoms in total. The first-order valence-electron chi connectivity index (χ1n) is 5.31. The second-order valence-corrected chi connectivity index (χ2v) is 3.61. The first-order chi connectivity index (χ1) is 7.83. The number of hydrogen-bond acceptors (Lipinski definition) is 4. The predicted octanol–water partition coefficient (Wildman–Crippen LogP) is 1.25. The summed E-state index contributed by atoms with van der Waals surface area (Å²) in [6, 6.07) is 5.85. The van der Waals surface area contributed by atoms with Gasteiger partial charge in [0, 0.05) is 24.6 Å². The largest absolute Gasteiger partial charge is 0.497 e. The lowest BCUT2D eigenvalue weighted by Gasteiger charge is -2.10. The second kappa shape index (κ2) is 4.88. The van der Waals surface area contributed by atoms with Gasteiger partial charge in [0.25, 0.3) is 0 Å². The monoisotopic (exact) mass is 220 g/mol. The summed E-state index contributed by atoms with van der Waals surface area (Å²) in [6.45, 7) is 1.81. The van der Waals surface area contributed by atoms with Gasteiger partial charge in [0.2, 0.25) is 0 Å². The summed E-state index contributed by atoms with van der Waals surface area (Å²) in [5.74, 6) is 2.68. The molecule has 86 valence electrons. The highest BCUT2D eigenvalue weighted by Crippen LogP contribution is 2.25. The number of aliphatic imine (C=N–C) groups is 1. The molecule has 0 radical (unpaired) electrons. The fourth-order valence-electron chi connectivity index (χ4n) is 1.74. The quantitative estimate of drug-likeness (QED) is 0.830. The minimum absolute atomic E-state index is 0.785. The van der Waals surface area contributed by atoms with Gasteiger partial charge in [-0.05, 0) is 6.07 Å². The van der Waals surface area contributed by atoms with E-state index in [1.807, 2.05) is 18.2 Å². The van der Waals surface area contributed by atoms with Gasteiger partial charge in [-0.25, -0.2) is 0 Å². The molecule has 1 aliphatic rings. The van der Waals surface area contributed by atoms with Crippen molar-refractivity contribution in [2.24, 2.45) is 4.99 Å². The number of ether oxygens (including phenoxy) is 2. The molecule has 0 bridgehead atoms. The van der Waals surface area contributed by atoms with Gasteiger partial charge in [0.15, 0.2) is 0 Å². The lowest BCUT2D eigenvalue weighted by molar-refractivity contribution is 0.392. The van der Waals surface area contributed by atoms with Crippen LogP contribution in [0.1, 0.15) is 5.56 Å². The Morgan fingerprint density at radius 3 is 2.81 bits per heavy atom. The van der Waals surface area contributed by atoms with Gasteiger partial charge in [0.05, 0.1) is 20.8 Å². The number of nitrogens with zero attached hydrogens (tertiary/aromatic N) is 1. The average Bonchev–Trinajstić information content (AvgIpc) is 2.82. The van der Waals surface area contributed by atoms with Crippen molar-refractivity contribution in [2.75, 3.05) is 27.3 Å². The lowest BCUT2D eigenvalue weighted by atomic mass is 10.1. The first kappa shape index (κ1) is 10.8. The van der Waals surface area contributed by atoms with Crippen molar-refractivity contribution in [3.8, 4) is 11.5 Å². The van der Waals surface area contributed by atoms with Gasteiger partial charge in [-0.15, -0.1) is 0 Å². The minimum atomic E-state index is 0.785. The summed E-state index contributed by atoms with van der Waals surface area (Å²) >= 11 is 0. The molecule has 0 aromatic heterocycles. The molecule has 0 saturated carbocycles. The van der Waals surface area contributed by atoms with Crippen LogP contribution in [-0.4, -0.2) is 33.1 Å². The van der Waals surface area contributed by atoms with Crippen LogP contribution < -0.4 is 14.8 Å². The zero-order valence-electron chi connectivity index (χ0n) is 9.62. The normalized spacial score (nSPS) is 14.2. The van der Waals surface area contributed by atoms with Crippen molar-refractivity contribution in [1.82, 2.24) is 5.32 Å². The highest BCUT2D eigenvalue weighted by atomic mass is 16.5. The molecule has 0 spiro atoms. The van der Waals surface area contributed by atoms with Crippen LogP contribution >= 0.6 is 0 Å². The molecule has 1 aliphatic heterocycles. The van der Waals surface area contributed by atoms with Crippen LogP contribution in [0.5, 0.6) is 11.5 Å². The molecule has 16 heavy (non-hydrogen) atoms. The van der Waals surface area contributed by atoms with E-state index in [4.69, 9.17) is 9.47 Å². The summed E-state index contributed by atoms with van der Waals surface area (Å²) in [6.07, 6.45) is 0.785. The predicted molar refractivity (Wildman–Crippen MR) is 63.6 cm³/mol. The number of hydrogen-bond donors (Lipinski definition) is 1. The van der Waals surface area contributed by atoms with Crippen LogP contribution in [-0.2, 0) is 6.42 Å². The van der Waals surface area contributed by atoms with Crippen LogP contribution in [0.25, 0.3) is 0 Å². The van der Waals surface area contributed by atoms with Gasteiger partial charge < -0.3 is 14.8 Å². The van der Waals surface area contributed by atoms with Crippen LogP contribution in [0, 0.1) is 0 Å². The van der Waals surface area contributed by atoms with E-state index in [9.17, 15) is 0 Å². The third-order valence-electron chi connectivity index (χ3n) is 2.60. The van der Waals surface area contributed by atoms with Crippen LogP contribution in [0.2, 0.25) is 0 Å². The van der Waals surface area contributed by atoms with E-state index in [0.29, 0.717) is 0 Å². The molecule has 1 N–H and O–H groups in total. The van der Waals surface area contributed by atoms with Crippen molar-refractivity contribution < 1.29 is 9.47 Å². The van der Waals surface area contributed by atoms with Gasteiger partial charge in [0.1, 0.15) is 17.3 Å². The number of methoxy groups -OCH3 is 2. The zero-order valence-corrected chi connectivity index (χ0v) is 9.62. The molecule has 1 aromatic carbocycles. The molecule has 0 aliphatic carbocycles. The molecule has 0 fully saturated rings. The van der Waals surface area contributed by atoms with E-state index >= 15 is 0 Å². The first-order valence-corrected chi connectivity index (χ1v) is 5.31. The Labute approximate surface area is 95.3 Å². The Balaban J connectivity index is 2.19. The molecule has 0 saturated heterocycles. The third-order valence-corrected chi connectivity index (χ3v) is 2.60. The maximum atomic E-state index is 5.34. The molecule has 4 heteroatoms. The minimum Gasteiger partial charge on any atom is -0.497 e. The second-order valence-electron chi connectivity index (χ2n) is 3.61. The molecule has 1 aromatic rings. The highest BCUT2D eigenvalue weighted by molar-refractivity contribution is 5.86. The molecule has 0 unspecified atom stereocenters. The molecular weight excluding hydrogens is 204 g/mol. The zero-order chi connectivity index (χ0) is 11.4. The van der Waals surface area contributed by atoms with Gasteiger partial charge >= 0.3 is 0 Å². The van der Waals surface area contributed by atoms with Gasteiger partial charge in [-0.1, -0.05) is 6.07 Å². The van der Waals surface area contributed by atoms with E-state index in [-0.39, 0.29) is 0 Å². The number of nitrogens with one attached hydrogen (secondary N) is 1. The van der Waals surface area contributed by atoms with E-state index in [1.54, 1.807) is 14.2 Å². The molecular formula is C12H16N2O2. The van der Waals surface area contributed by atoms with Gasteiger partial charge in [-0.2, -0.15) is 0 Å². The summed E-state index contributed by atoms with van der Waals surface area (Å²) < 4.78 is 10.5. The smallest absolute Gasteiger partial charge is 0.126 e.